The van der Waals surface area contributed by atoms with E-state index >= 15 is 0 Å². The van der Waals surface area contributed by atoms with Crippen LogP contribution in [0.25, 0.3) is 0 Å². The zero-order chi connectivity index (χ0) is 9.97. The van der Waals surface area contributed by atoms with Gasteiger partial charge in [0, 0.05) is 6.54 Å². The summed E-state index contributed by atoms with van der Waals surface area (Å²) in [5.41, 5.74) is -0.142. The number of hydrogen-bond donors (Lipinski definition) is 2. The standard InChI is InChI=1S/C9H12BrN3O/c10-7-8(12-5-13-9(7)14)11-4-6-2-1-3-6/h5-6H,1-4H2,(H2,11,12,13,14). The fourth-order valence-corrected chi connectivity index (χ4v) is 1.80. The predicted molar refractivity (Wildman–Crippen MR) is 58.4 cm³/mol. The number of halogens is 1. The van der Waals surface area contributed by atoms with Crippen LogP contribution in [0.3, 0.4) is 0 Å². The van der Waals surface area contributed by atoms with Crippen molar-refractivity contribution in [2.24, 2.45) is 5.92 Å². The van der Waals surface area contributed by atoms with Crippen LogP contribution in [0.5, 0.6) is 0 Å². The molecule has 1 aliphatic carbocycles. The quantitative estimate of drug-likeness (QED) is 0.868. The molecule has 1 saturated carbocycles. The van der Waals surface area contributed by atoms with Crippen LogP contribution in [-0.4, -0.2) is 16.5 Å². The Morgan fingerprint density at radius 3 is 3.07 bits per heavy atom. The van der Waals surface area contributed by atoms with Crippen molar-refractivity contribution < 1.29 is 0 Å². The monoisotopic (exact) mass is 257 g/mol. The Kier molecular flexibility index (Phi) is 2.86. The lowest BCUT2D eigenvalue weighted by molar-refractivity contribution is 0.333. The van der Waals surface area contributed by atoms with E-state index in [4.69, 9.17) is 0 Å². The first-order valence-corrected chi connectivity index (χ1v) is 5.53. The van der Waals surface area contributed by atoms with Gasteiger partial charge in [-0.2, -0.15) is 0 Å². The fraction of sp³-hybridized carbons (Fsp3) is 0.556. The van der Waals surface area contributed by atoms with Crippen LogP contribution in [0.1, 0.15) is 19.3 Å². The SMILES string of the molecule is O=c1[nH]cnc(NCC2CCC2)c1Br. The number of aromatic amines is 1. The molecule has 1 aromatic heterocycles. The molecule has 0 aromatic carbocycles. The molecule has 0 amide bonds. The summed E-state index contributed by atoms with van der Waals surface area (Å²) in [5.74, 6) is 1.39. The van der Waals surface area contributed by atoms with Crippen molar-refractivity contribution in [3.63, 3.8) is 0 Å². The van der Waals surface area contributed by atoms with Gasteiger partial charge in [0.05, 0.1) is 6.33 Å². The summed E-state index contributed by atoms with van der Waals surface area (Å²) in [4.78, 5) is 17.7. The first-order valence-electron chi connectivity index (χ1n) is 4.74. The topological polar surface area (TPSA) is 57.8 Å². The average molecular weight is 258 g/mol. The van der Waals surface area contributed by atoms with E-state index in [0.717, 1.165) is 12.5 Å². The van der Waals surface area contributed by atoms with Gasteiger partial charge in [0.25, 0.3) is 5.56 Å². The van der Waals surface area contributed by atoms with E-state index in [-0.39, 0.29) is 5.56 Å². The lowest BCUT2D eigenvalue weighted by atomic mass is 9.85. The number of aromatic nitrogens is 2. The maximum Gasteiger partial charge on any atom is 0.267 e. The second-order valence-corrected chi connectivity index (χ2v) is 4.37. The highest BCUT2D eigenvalue weighted by Gasteiger charge is 2.17. The first-order chi connectivity index (χ1) is 6.77. The second kappa shape index (κ2) is 4.13. The maximum atomic E-state index is 11.2. The van der Waals surface area contributed by atoms with Crippen molar-refractivity contribution in [1.82, 2.24) is 9.97 Å². The lowest BCUT2D eigenvalue weighted by Gasteiger charge is -2.25. The van der Waals surface area contributed by atoms with Crippen LogP contribution in [0.2, 0.25) is 0 Å². The largest absolute Gasteiger partial charge is 0.369 e. The Morgan fingerprint density at radius 2 is 2.43 bits per heavy atom. The van der Waals surface area contributed by atoms with Gasteiger partial charge in [-0.25, -0.2) is 4.98 Å². The summed E-state index contributed by atoms with van der Waals surface area (Å²) in [6.45, 7) is 0.912. The molecule has 1 heterocycles. The number of rotatable bonds is 3. The molecule has 0 aliphatic heterocycles. The van der Waals surface area contributed by atoms with Crippen molar-refractivity contribution in [3.05, 3.63) is 21.2 Å². The third kappa shape index (κ3) is 1.97. The molecule has 4 nitrogen and oxygen atoms in total. The van der Waals surface area contributed by atoms with E-state index in [1.54, 1.807) is 0 Å². The summed E-state index contributed by atoms with van der Waals surface area (Å²) >= 11 is 3.20. The number of H-pyrrole nitrogens is 1. The number of nitrogens with zero attached hydrogens (tertiary/aromatic N) is 1. The van der Waals surface area contributed by atoms with Gasteiger partial charge in [0.1, 0.15) is 10.3 Å². The van der Waals surface area contributed by atoms with Crippen LogP contribution in [0.4, 0.5) is 5.82 Å². The van der Waals surface area contributed by atoms with Gasteiger partial charge < -0.3 is 10.3 Å². The smallest absolute Gasteiger partial charge is 0.267 e. The molecule has 2 N–H and O–H groups in total. The Bertz CT molecular complexity index is 373. The highest BCUT2D eigenvalue weighted by atomic mass is 79.9. The molecular formula is C9H12BrN3O. The molecule has 0 atom stereocenters. The first kappa shape index (κ1) is 9.71. The van der Waals surface area contributed by atoms with Crippen LogP contribution in [-0.2, 0) is 0 Å². The molecule has 1 aromatic rings. The molecule has 2 rings (SSSR count). The minimum atomic E-state index is -0.142. The van der Waals surface area contributed by atoms with Gasteiger partial charge in [0.15, 0.2) is 0 Å². The maximum absolute atomic E-state index is 11.2. The number of anilines is 1. The highest BCUT2D eigenvalue weighted by Crippen LogP contribution is 2.26. The Balaban J connectivity index is 2.01. The third-order valence-electron chi connectivity index (χ3n) is 2.58. The molecule has 1 aliphatic rings. The number of nitrogens with one attached hydrogen (secondary N) is 2. The predicted octanol–water partition coefficient (Wildman–Crippen LogP) is 1.74. The van der Waals surface area contributed by atoms with Crippen LogP contribution < -0.4 is 10.9 Å². The van der Waals surface area contributed by atoms with E-state index in [1.807, 2.05) is 0 Å². The minimum absolute atomic E-state index is 0.142. The Labute approximate surface area is 90.3 Å². The van der Waals surface area contributed by atoms with Gasteiger partial charge >= 0.3 is 0 Å². The molecule has 14 heavy (non-hydrogen) atoms. The molecule has 0 saturated heterocycles. The summed E-state index contributed by atoms with van der Waals surface area (Å²) in [6, 6.07) is 0. The second-order valence-electron chi connectivity index (χ2n) is 3.57. The summed E-state index contributed by atoms with van der Waals surface area (Å²) in [7, 11) is 0. The Morgan fingerprint density at radius 1 is 1.64 bits per heavy atom. The normalized spacial score (nSPS) is 16.4. The molecule has 76 valence electrons. The summed E-state index contributed by atoms with van der Waals surface area (Å²) < 4.78 is 0.485. The minimum Gasteiger partial charge on any atom is -0.369 e. The van der Waals surface area contributed by atoms with E-state index in [0.29, 0.717) is 10.3 Å². The van der Waals surface area contributed by atoms with E-state index in [2.05, 4.69) is 31.2 Å². The molecule has 0 bridgehead atoms. The van der Waals surface area contributed by atoms with E-state index in [9.17, 15) is 4.79 Å². The highest BCUT2D eigenvalue weighted by molar-refractivity contribution is 9.10. The summed E-state index contributed by atoms with van der Waals surface area (Å²) in [6.07, 6.45) is 5.31. The van der Waals surface area contributed by atoms with Crippen molar-refractivity contribution in [2.75, 3.05) is 11.9 Å². The number of hydrogen-bond acceptors (Lipinski definition) is 3. The average Bonchev–Trinajstić information content (AvgIpc) is 2.09. The van der Waals surface area contributed by atoms with Crippen molar-refractivity contribution in [3.8, 4) is 0 Å². The van der Waals surface area contributed by atoms with Gasteiger partial charge in [-0.05, 0) is 34.7 Å². The molecule has 0 radical (unpaired) electrons. The van der Waals surface area contributed by atoms with Crippen LogP contribution in [0.15, 0.2) is 15.6 Å². The lowest BCUT2D eigenvalue weighted by Crippen LogP contribution is -2.22. The van der Waals surface area contributed by atoms with Gasteiger partial charge in [-0.1, -0.05) is 6.42 Å². The van der Waals surface area contributed by atoms with Crippen LogP contribution in [0, 0.1) is 5.92 Å². The van der Waals surface area contributed by atoms with E-state index < -0.39 is 0 Å². The molecule has 1 fully saturated rings. The summed E-state index contributed by atoms with van der Waals surface area (Å²) in [5, 5.41) is 3.18. The van der Waals surface area contributed by atoms with Crippen molar-refractivity contribution >= 4 is 21.7 Å². The van der Waals surface area contributed by atoms with Crippen LogP contribution >= 0.6 is 15.9 Å². The molecule has 5 heteroatoms. The molecule has 0 spiro atoms. The zero-order valence-electron chi connectivity index (χ0n) is 7.72. The zero-order valence-corrected chi connectivity index (χ0v) is 9.30. The molecule has 0 unspecified atom stereocenters. The Hall–Kier alpha value is -0.840. The van der Waals surface area contributed by atoms with Gasteiger partial charge in [-0.3, -0.25) is 4.79 Å². The van der Waals surface area contributed by atoms with Crippen molar-refractivity contribution in [2.45, 2.75) is 19.3 Å². The van der Waals surface area contributed by atoms with Gasteiger partial charge in [0.2, 0.25) is 0 Å². The molecular weight excluding hydrogens is 246 g/mol. The fourth-order valence-electron chi connectivity index (χ4n) is 1.44. The van der Waals surface area contributed by atoms with Crippen molar-refractivity contribution in [1.29, 1.82) is 0 Å². The van der Waals surface area contributed by atoms with E-state index in [1.165, 1.54) is 25.6 Å². The third-order valence-corrected chi connectivity index (χ3v) is 3.32. The van der Waals surface area contributed by atoms with Gasteiger partial charge in [-0.15, -0.1) is 0 Å².